The standard InChI is InChI=1S/C14H21N3O2/c1-9(2)5-3-4-6-16-11-8-12-13(7-10(11)15)19-14(18)17-12/h7-9,16H,3-6,15H2,1-2H3,(H,17,18). The van der Waals surface area contributed by atoms with Crippen molar-refractivity contribution in [3.8, 4) is 0 Å². The Balaban J connectivity index is 1.96. The van der Waals surface area contributed by atoms with Gasteiger partial charge in [-0.1, -0.05) is 26.7 Å². The molecule has 0 bridgehead atoms. The van der Waals surface area contributed by atoms with E-state index in [1.807, 2.05) is 6.07 Å². The van der Waals surface area contributed by atoms with E-state index < -0.39 is 5.76 Å². The van der Waals surface area contributed by atoms with Crippen LogP contribution in [-0.2, 0) is 0 Å². The molecule has 1 aromatic heterocycles. The summed E-state index contributed by atoms with van der Waals surface area (Å²) in [5, 5.41) is 3.30. The van der Waals surface area contributed by atoms with Gasteiger partial charge in [-0.15, -0.1) is 0 Å². The molecule has 0 aliphatic rings. The molecule has 0 aliphatic heterocycles. The average Bonchev–Trinajstić information content (AvgIpc) is 2.67. The molecular formula is C14H21N3O2. The van der Waals surface area contributed by atoms with Crippen LogP contribution in [0.2, 0.25) is 0 Å². The molecule has 19 heavy (non-hydrogen) atoms. The number of nitrogens with two attached hydrogens (primary N) is 1. The Morgan fingerprint density at radius 3 is 2.89 bits per heavy atom. The summed E-state index contributed by atoms with van der Waals surface area (Å²) in [4.78, 5) is 13.7. The first-order chi connectivity index (χ1) is 9.06. The van der Waals surface area contributed by atoms with Crippen LogP contribution in [0.3, 0.4) is 0 Å². The minimum Gasteiger partial charge on any atom is -0.408 e. The second kappa shape index (κ2) is 5.82. The van der Waals surface area contributed by atoms with Crippen molar-refractivity contribution in [2.24, 2.45) is 5.92 Å². The lowest BCUT2D eigenvalue weighted by molar-refractivity contribution is 0.545. The van der Waals surface area contributed by atoms with E-state index in [9.17, 15) is 4.79 Å². The number of rotatable bonds is 6. The van der Waals surface area contributed by atoms with Gasteiger partial charge in [0.25, 0.3) is 0 Å². The molecule has 0 unspecified atom stereocenters. The molecule has 2 rings (SSSR count). The van der Waals surface area contributed by atoms with Crippen LogP contribution in [0.15, 0.2) is 21.3 Å². The van der Waals surface area contributed by atoms with E-state index in [-0.39, 0.29) is 0 Å². The predicted molar refractivity (Wildman–Crippen MR) is 78.4 cm³/mol. The molecule has 0 aliphatic carbocycles. The third kappa shape index (κ3) is 3.53. The molecule has 0 spiro atoms. The van der Waals surface area contributed by atoms with Gasteiger partial charge in [0.05, 0.1) is 16.9 Å². The van der Waals surface area contributed by atoms with Crippen LogP contribution in [0.25, 0.3) is 11.1 Å². The second-order valence-corrected chi connectivity index (χ2v) is 5.27. The van der Waals surface area contributed by atoms with Crippen molar-refractivity contribution < 1.29 is 4.42 Å². The van der Waals surface area contributed by atoms with Crippen LogP contribution in [0, 0.1) is 5.92 Å². The molecule has 0 saturated carbocycles. The summed E-state index contributed by atoms with van der Waals surface area (Å²) < 4.78 is 4.95. The summed E-state index contributed by atoms with van der Waals surface area (Å²) in [7, 11) is 0. The number of oxazole rings is 1. The monoisotopic (exact) mass is 263 g/mol. The molecule has 1 aromatic carbocycles. The van der Waals surface area contributed by atoms with Crippen molar-refractivity contribution in [1.82, 2.24) is 4.98 Å². The number of nitrogen functional groups attached to an aromatic ring is 1. The Kier molecular flexibility index (Phi) is 4.14. The highest BCUT2D eigenvalue weighted by atomic mass is 16.4. The fourth-order valence-electron chi connectivity index (χ4n) is 2.07. The Labute approximate surface area is 112 Å². The van der Waals surface area contributed by atoms with Gasteiger partial charge < -0.3 is 15.5 Å². The summed E-state index contributed by atoms with van der Waals surface area (Å²) >= 11 is 0. The van der Waals surface area contributed by atoms with Crippen LogP contribution in [0.4, 0.5) is 11.4 Å². The number of benzene rings is 1. The molecule has 1 heterocycles. The van der Waals surface area contributed by atoms with Gasteiger partial charge in [-0.25, -0.2) is 4.79 Å². The van der Waals surface area contributed by atoms with E-state index in [1.165, 1.54) is 12.8 Å². The van der Waals surface area contributed by atoms with Crippen molar-refractivity contribution >= 4 is 22.5 Å². The van der Waals surface area contributed by atoms with Crippen LogP contribution in [0.5, 0.6) is 0 Å². The van der Waals surface area contributed by atoms with Crippen molar-refractivity contribution in [2.75, 3.05) is 17.6 Å². The number of aromatic nitrogens is 1. The zero-order chi connectivity index (χ0) is 13.8. The molecule has 5 nitrogen and oxygen atoms in total. The Hall–Kier alpha value is -1.91. The first kappa shape index (κ1) is 13.5. The number of H-pyrrole nitrogens is 1. The average molecular weight is 263 g/mol. The number of unbranched alkanes of at least 4 members (excludes halogenated alkanes) is 1. The molecule has 0 fully saturated rings. The molecule has 0 amide bonds. The maximum atomic E-state index is 11.1. The van der Waals surface area contributed by atoms with Crippen LogP contribution in [0.1, 0.15) is 33.1 Å². The lowest BCUT2D eigenvalue weighted by Crippen LogP contribution is -2.04. The molecule has 4 N–H and O–H groups in total. The van der Waals surface area contributed by atoms with E-state index in [0.717, 1.165) is 24.6 Å². The zero-order valence-electron chi connectivity index (χ0n) is 11.5. The maximum absolute atomic E-state index is 11.1. The normalized spacial score (nSPS) is 11.3. The molecule has 5 heteroatoms. The molecule has 0 radical (unpaired) electrons. The van der Waals surface area contributed by atoms with Crippen LogP contribution < -0.4 is 16.8 Å². The van der Waals surface area contributed by atoms with Gasteiger partial charge in [0.2, 0.25) is 0 Å². The third-order valence-corrected chi connectivity index (χ3v) is 3.11. The van der Waals surface area contributed by atoms with Crippen LogP contribution >= 0.6 is 0 Å². The molecule has 0 saturated heterocycles. The molecule has 0 atom stereocenters. The highest BCUT2D eigenvalue weighted by Crippen LogP contribution is 2.24. The van der Waals surface area contributed by atoms with Crippen LogP contribution in [-0.4, -0.2) is 11.5 Å². The Morgan fingerprint density at radius 1 is 1.37 bits per heavy atom. The van der Waals surface area contributed by atoms with Gasteiger partial charge >= 0.3 is 5.76 Å². The fraction of sp³-hybridized carbons (Fsp3) is 0.500. The van der Waals surface area contributed by atoms with E-state index in [0.29, 0.717) is 16.8 Å². The Morgan fingerprint density at radius 2 is 2.16 bits per heavy atom. The van der Waals surface area contributed by atoms with E-state index in [4.69, 9.17) is 10.2 Å². The summed E-state index contributed by atoms with van der Waals surface area (Å²) in [6.45, 7) is 5.34. The van der Waals surface area contributed by atoms with Gasteiger partial charge in [0.1, 0.15) is 0 Å². The van der Waals surface area contributed by atoms with Crippen molar-refractivity contribution in [1.29, 1.82) is 0 Å². The third-order valence-electron chi connectivity index (χ3n) is 3.11. The number of hydrogen-bond donors (Lipinski definition) is 3. The van der Waals surface area contributed by atoms with E-state index in [2.05, 4.69) is 24.1 Å². The fourth-order valence-corrected chi connectivity index (χ4v) is 2.07. The second-order valence-electron chi connectivity index (χ2n) is 5.27. The summed E-state index contributed by atoms with van der Waals surface area (Å²) in [6.07, 6.45) is 3.55. The first-order valence-corrected chi connectivity index (χ1v) is 6.72. The number of aromatic amines is 1. The van der Waals surface area contributed by atoms with Gasteiger partial charge in [-0.3, -0.25) is 4.98 Å². The summed E-state index contributed by atoms with van der Waals surface area (Å²) in [5.74, 6) is 0.293. The Bertz CT molecular complexity index is 598. The highest BCUT2D eigenvalue weighted by molar-refractivity contribution is 5.85. The lowest BCUT2D eigenvalue weighted by Gasteiger charge is -2.09. The number of fused-ring (bicyclic) bond motifs is 1. The van der Waals surface area contributed by atoms with Gasteiger partial charge in [0.15, 0.2) is 5.58 Å². The molecular weight excluding hydrogens is 242 g/mol. The van der Waals surface area contributed by atoms with Gasteiger partial charge in [-0.05, 0) is 18.4 Å². The van der Waals surface area contributed by atoms with E-state index >= 15 is 0 Å². The molecule has 104 valence electrons. The van der Waals surface area contributed by atoms with Crippen molar-refractivity contribution in [3.05, 3.63) is 22.7 Å². The highest BCUT2D eigenvalue weighted by Gasteiger charge is 2.06. The minimum absolute atomic E-state index is 0.455. The topological polar surface area (TPSA) is 84.0 Å². The summed E-state index contributed by atoms with van der Waals surface area (Å²) in [6, 6.07) is 3.49. The zero-order valence-corrected chi connectivity index (χ0v) is 11.5. The van der Waals surface area contributed by atoms with Gasteiger partial charge in [-0.2, -0.15) is 0 Å². The number of nitrogens with one attached hydrogen (secondary N) is 2. The maximum Gasteiger partial charge on any atom is 0.417 e. The van der Waals surface area contributed by atoms with E-state index in [1.54, 1.807) is 6.07 Å². The SMILES string of the molecule is CC(C)CCCCNc1cc2[nH]c(=O)oc2cc1N. The first-order valence-electron chi connectivity index (χ1n) is 6.72. The predicted octanol–water partition coefficient (Wildman–Crippen LogP) is 2.94. The smallest absolute Gasteiger partial charge is 0.408 e. The van der Waals surface area contributed by atoms with Crippen molar-refractivity contribution in [3.63, 3.8) is 0 Å². The van der Waals surface area contributed by atoms with Gasteiger partial charge in [0, 0.05) is 12.6 Å². The lowest BCUT2D eigenvalue weighted by atomic mass is 10.1. The largest absolute Gasteiger partial charge is 0.417 e. The van der Waals surface area contributed by atoms with Crippen molar-refractivity contribution in [2.45, 2.75) is 33.1 Å². The molecule has 2 aromatic rings. The summed E-state index contributed by atoms with van der Waals surface area (Å²) in [5.41, 5.74) is 8.52. The number of hydrogen-bond acceptors (Lipinski definition) is 4. The minimum atomic E-state index is -0.455. The number of anilines is 2. The quantitative estimate of drug-likeness (QED) is 0.552.